The van der Waals surface area contributed by atoms with Crippen LogP contribution in [0.5, 0.6) is 0 Å². The molecule has 0 radical (unpaired) electrons. The van der Waals surface area contributed by atoms with Crippen molar-refractivity contribution in [1.29, 1.82) is 0 Å². The predicted molar refractivity (Wildman–Crippen MR) is 59.4 cm³/mol. The lowest BCUT2D eigenvalue weighted by molar-refractivity contribution is 0.0801. The Kier molecular flexibility index (Phi) is 4.53. The molecule has 6 heteroatoms. The summed E-state index contributed by atoms with van der Waals surface area (Å²) in [5.41, 5.74) is 3.56. The second-order valence-electron chi connectivity index (χ2n) is 3.28. The van der Waals surface area contributed by atoms with Crippen LogP contribution in [0.15, 0.2) is 6.20 Å². The lowest BCUT2D eigenvalue weighted by Crippen LogP contribution is -2.37. The molecule has 0 amide bonds. The van der Waals surface area contributed by atoms with E-state index in [0.29, 0.717) is 5.02 Å². The van der Waals surface area contributed by atoms with Gasteiger partial charge in [0, 0.05) is 13.7 Å². The Bertz CT molecular complexity index is 315. The summed E-state index contributed by atoms with van der Waals surface area (Å²) >= 11 is 6.06. The quantitative estimate of drug-likeness (QED) is 0.589. The summed E-state index contributed by atoms with van der Waals surface area (Å²) in [6, 6.07) is -0.162. The molecule has 0 fully saturated rings. The smallest absolute Gasteiger partial charge is 0.0902 e. The Hall–Kier alpha value is -0.620. The van der Waals surface area contributed by atoms with Gasteiger partial charge in [0.05, 0.1) is 29.1 Å². The molecule has 0 bridgehead atoms. The van der Waals surface area contributed by atoms with E-state index in [4.69, 9.17) is 22.2 Å². The van der Waals surface area contributed by atoms with Crippen LogP contribution in [0.25, 0.3) is 0 Å². The zero-order valence-corrected chi connectivity index (χ0v) is 9.95. The first-order valence-corrected chi connectivity index (χ1v) is 5.23. The van der Waals surface area contributed by atoms with Gasteiger partial charge in [-0.2, -0.15) is 5.10 Å². The first-order valence-electron chi connectivity index (χ1n) is 4.85. The van der Waals surface area contributed by atoms with Crippen LogP contribution in [-0.4, -0.2) is 23.0 Å². The third-order valence-corrected chi connectivity index (χ3v) is 2.74. The van der Waals surface area contributed by atoms with Gasteiger partial charge in [-0.05, 0) is 13.8 Å². The summed E-state index contributed by atoms with van der Waals surface area (Å²) in [6.07, 6.45) is 1.54. The predicted octanol–water partition coefficient (Wildman–Crippen LogP) is 1.10. The first-order chi connectivity index (χ1) is 7.15. The molecule has 15 heavy (non-hydrogen) atoms. The highest BCUT2D eigenvalue weighted by atomic mass is 35.5. The minimum atomic E-state index is -0.162. The van der Waals surface area contributed by atoms with Crippen LogP contribution in [0.1, 0.15) is 25.6 Å². The highest BCUT2D eigenvalue weighted by Crippen LogP contribution is 2.25. The van der Waals surface area contributed by atoms with Crippen LogP contribution in [0.3, 0.4) is 0 Å². The van der Waals surface area contributed by atoms with Gasteiger partial charge in [-0.1, -0.05) is 11.6 Å². The minimum absolute atomic E-state index is 0.0745. The summed E-state index contributed by atoms with van der Waals surface area (Å²) in [5.74, 6) is 5.50. The molecule has 2 unspecified atom stereocenters. The fourth-order valence-corrected chi connectivity index (χ4v) is 1.76. The van der Waals surface area contributed by atoms with Gasteiger partial charge in [0.1, 0.15) is 0 Å². The van der Waals surface area contributed by atoms with Gasteiger partial charge < -0.3 is 4.74 Å². The second-order valence-corrected chi connectivity index (χ2v) is 3.69. The molecular weight excluding hydrogens is 216 g/mol. The van der Waals surface area contributed by atoms with Crippen molar-refractivity contribution in [1.82, 2.24) is 15.2 Å². The summed E-state index contributed by atoms with van der Waals surface area (Å²) in [6.45, 7) is 4.67. The highest BCUT2D eigenvalue weighted by Gasteiger charge is 2.24. The standard InChI is InChI=1S/C9H17ClN4O/c1-4-14-9(7(10)5-12-14)8(13-11)6(2)15-3/h5-6,8,13H,4,11H2,1-3H3. The molecule has 1 rings (SSSR count). The fourth-order valence-electron chi connectivity index (χ4n) is 1.51. The summed E-state index contributed by atoms with van der Waals surface area (Å²) < 4.78 is 7.05. The molecule has 5 nitrogen and oxygen atoms in total. The van der Waals surface area contributed by atoms with E-state index >= 15 is 0 Å². The maximum atomic E-state index is 6.06. The van der Waals surface area contributed by atoms with E-state index in [0.717, 1.165) is 12.2 Å². The largest absolute Gasteiger partial charge is 0.380 e. The van der Waals surface area contributed by atoms with Gasteiger partial charge in [0.15, 0.2) is 0 Å². The Morgan fingerprint density at radius 1 is 1.73 bits per heavy atom. The number of ether oxygens (including phenoxy) is 1. The molecule has 0 saturated carbocycles. The van der Waals surface area contributed by atoms with E-state index in [1.807, 2.05) is 18.5 Å². The number of hydrazine groups is 1. The molecule has 0 aliphatic carbocycles. The number of aryl methyl sites for hydroxylation is 1. The number of methoxy groups -OCH3 is 1. The SMILES string of the molecule is CCn1ncc(Cl)c1C(NN)C(C)OC. The van der Waals surface area contributed by atoms with E-state index in [1.165, 1.54) is 0 Å². The third-order valence-electron chi connectivity index (χ3n) is 2.45. The summed E-state index contributed by atoms with van der Waals surface area (Å²) in [4.78, 5) is 0. The van der Waals surface area contributed by atoms with Gasteiger partial charge in [-0.15, -0.1) is 0 Å². The first kappa shape index (κ1) is 12.4. The van der Waals surface area contributed by atoms with E-state index < -0.39 is 0 Å². The van der Waals surface area contributed by atoms with Crippen molar-refractivity contribution in [2.45, 2.75) is 32.5 Å². The van der Waals surface area contributed by atoms with Crippen molar-refractivity contribution >= 4 is 11.6 Å². The molecule has 3 N–H and O–H groups in total. The zero-order chi connectivity index (χ0) is 11.4. The molecule has 0 aliphatic rings. The Balaban J connectivity index is 3.04. The van der Waals surface area contributed by atoms with Crippen LogP contribution in [0, 0.1) is 0 Å². The van der Waals surface area contributed by atoms with E-state index in [1.54, 1.807) is 13.3 Å². The van der Waals surface area contributed by atoms with Gasteiger partial charge in [-0.25, -0.2) is 5.43 Å². The number of halogens is 1. The lowest BCUT2D eigenvalue weighted by Gasteiger charge is -2.23. The Morgan fingerprint density at radius 3 is 2.87 bits per heavy atom. The monoisotopic (exact) mass is 232 g/mol. The third kappa shape index (κ3) is 2.49. The van der Waals surface area contributed by atoms with E-state index in [-0.39, 0.29) is 12.1 Å². The van der Waals surface area contributed by atoms with Gasteiger partial charge in [-0.3, -0.25) is 10.5 Å². The van der Waals surface area contributed by atoms with Crippen molar-refractivity contribution in [3.05, 3.63) is 16.9 Å². The number of nitrogens with two attached hydrogens (primary N) is 1. The molecule has 1 heterocycles. The number of nitrogens with zero attached hydrogens (tertiary/aromatic N) is 2. The number of hydrogen-bond acceptors (Lipinski definition) is 4. The summed E-state index contributed by atoms with van der Waals surface area (Å²) in [7, 11) is 1.63. The number of rotatable bonds is 5. The van der Waals surface area contributed by atoms with Gasteiger partial charge in [0.2, 0.25) is 0 Å². The van der Waals surface area contributed by atoms with Crippen LogP contribution in [0.4, 0.5) is 0 Å². The van der Waals surface area contributed by atoms with Crippen LogP contribution in [-0.2, 0) is 11.3 Å². The van der Waals surface area contributed by atoms with Gasteiger partial charge >= 0.3 is 0 Å². The molecule has 0 aromatic carbocycles. The number of nitrogens with one attached hydrogen (secondary N) is 1. The topological polar surface area (TPSA) is 65.1 Å². The van der Waals surface area contributed by atoms with E-state index in [2.05, 4.69) is 10.5 Å². The number of hydrogen-bond donors (Lipinski definition) is 2. The number of aromatic nitrogens is 2. The average Bonchev–Trinajstić information content (AvgIpc) is 2.61. The maximum absolute atomic E-state index is 6.06. The lowest BCUT2D eigenvalue weighted by atomic mass is 10.1. The second kappa shape index (κ2) is 5.46. The Labute approximate surface area is 94.5 Å². The molecule has 2 atom stereocenters. The maximum Gasteiger partial charge on any atom is 0.0902 e. The van der Waals surface area contributed by atoms with Crippen molar-refractivity contribution in [2.24, 2.45) is 5.84 Å². The van der Waals surface area contributed by atoms with E-state index in [9.17, 15) is 0 Å². The van der Waals surface area contributed by atoms with Crippen LogP contribution in [0.2, 0.25) is 5.02 Å². The molecule has 86 valence electrons. The van der Waals surface area contributed by atoms with Crippen molar-refractivity contribution in [2.75, 3.05) is 7.11 Å². The molecule has 0 spiro atoms. The van der Waals surface area contributed by atoms with Crippen molar-refractivity contribution < 1.29 is 4.74 Å². The Morgan fingerprint density at radius 2 is 2.40 bits per heavy atom. The minimum Gasteiger partial charge on any atom is -0.380 e. The highest BCUT2D eigenvalue weighted by molar-refractivity contribution is 6.31. The molecular formula is C9H17ClN4O. The normalized spacial score (nSPS) is 15.3. The summed E-state index contributed by atoms with van der Waals surface area (Å²) in [5, 5.41) is 4.75. The van der Waals surface area contributed by atoms with Crippen LogP contribution >= 0.6 is 11.6 Å². The average molecular weight is 233 g/mol. The fraction of sp³-hybridized carbons (Fsp3) is 0.667. The molecule has 1 aromatic rings. The van der Waals surface area contributed by atoms with Crippen molar-refractivity contribution in [3.63, 3.8) is 0 Å². The molecule has 0 aliphatic heterocycles. The van der Waals surface area contributed by atoms with Gasteiger partial charge in [0.25, 0.3) is 0 Å². The molecule has 1 aromatic heterocycles. The zero-order valence-electron chi connectivity index (χ0n) is 9.20. The molecule has 0 saturated heterocycles. The van der Waals surface area contributed by atoms with Crippen molar-refractivity contribution in [3.8, 4) is 0 Å². The van der Waals surface area contributed by atoms with Crippen LogP contribution < -0.4 is 11.3 Å².